The quantitative estimate of drug-likeness (QED) is 0.186. The average Bonchev–Trinajstić information content (AvgIpc) is 3.62. The van der Waals surface area contributed by atoms with E-state index in [0.717, 1.165) is 49.8 Å². The first-order chi connectivity index (χ1) is 20.8. The normalized spacial score (nSPS) is 17.3. The van der Waals surface area contributed by atoms with Crippen molar-refractivity contribution >= 4 is 52.4 Å². The monoisotopic (exact) mass is 592 g/mol. The summed E-state index contributed by atoms with van der Waals surface area (Å²) in [5, 5.41) is 14.0. The molecule has 8 heteroatoms. The molecule has 6 rings (SSSR count). The maximum atomic E-state index is 12.8. The van der Waals surface area contributed by atoms with Crippen LogP contribution in [0.4, 0.5) is 0 Å². The molecule has 0 radical (unpaired) electrons. The van der Waals surface area contributed by atoms with Crippen LogP contribution in [0.15, 0.2) is 95.4 Å². The van der Waals surface area contributed by atoms with Crippen molar-refractivity contribution in [1.29, 1.82) is 0 Å². The zero-order valence-corrected chi connectivity index (χ0v) is 24.6. The molecule has 1 aromatic heterocycles. The van der Waals surface area contributed by atoms with Gasteiger partial charge in [0.05, 0.1) is 5.92 Å². The molecule has 2 unspecified atom stereocenters. The summed E-state index contributed by atoms with van der Waals surface area (Å²) in [4.78, 5) is 38.2. The molecule has 218 valence electrons. The highest BCUT2D eigenvalue weighted by Crippen LogP contribution is 2.36. The highest BCUT2D eigenvalue weighted by atomic mass is 32.1. The van der Waals surface area contributed by atoms with Gasteiger partial charge in [0.2, 0.25) is 11.8 Å². The van der Waals surface area contributed by atoms with Crippen molar-refractivity contribution in [3.8, 4) is 22.3 Å². The summed E-state index contributed by atoms with van der Waals surface area (Å²) in [6, 6.07) is 29.8. The molecule has 1 aliphatic rings. The molecule has 2 N–H and O–H groups in total. The number of carboxylic acids is 1. The number of thiol groups is 1. The van der Waals surface area contributed by atoms with Crippen LogP contribution in [0.3, 0.4) is 0 Å². The van der Waals surface area contributed by atoms with Crippen LogP contribution >= 0.6 is 12.6 Å². The lowest BCUT2D eigenvalue weighted by molar-refractivity contribution is -0.141. The van der Waals surface area contributed by atoms with Gasteiger partial charge < -0.3 is 19.7 Å². The van der Waals surface area contributed by atoms with E-state index in [9.17, 15) is 19.5 Å². The van der Waals surface area contributed by atoms with Crippen LogP contribution in [0.2, 0.25) is 0 Å². The van der Waals surface area contributed by atoms with Gasteiger partial charge in [0, 0.05) is 41.6 Å². The van der Waals surface area contributed by atoms with Crippen molar-refractivity contribution < 1.29 is 23.9 Å². The van der Waals surface area contributed by atoms with E-state index >= 15 is 0 Å². The molecule has 2 heterocycles. The number of rotatable bonds is 8. The lowest BCUT2D eigenvalue weighted by atomic mass is 9.96. The van der Waals surface area contributed by atoms with E-state index in [1.807, 2.05) is 18.2 Å². The van der Waals surface area contributed by atoms with Crippen molar-refractivity contribution in [2.75, 3.05) is 12.3 Å². The van der Waals surface area contributed by atoms with Crippen molar-refractivity contribution in [2.24, 2.45) is 5.92 Å². The first-order valence-corrected chi connectivity index (χ1v) is 15.0. The summed E-state index contributed by atoms with van der Waals surface area (Å²) in [6.45, 7) is 1.78. The van der Waals surface area contributed by atoms with E-state index < -0.39 is 17.9 Å². The Morgan fingerprint density at radius 1 is 0.907 bits per heavy atom. The zero-order valence-electron chi connectivity index (χ0n) is 23.7. The Morgan fingerprint density at radius 2 is 1.56 bits per heavy atom. The summed E-state index contributed by atoms with van der Waals surface area (Å²) < 4.78 is 6.22. The fraction of sp³-hybridized carbons (Fsp3) is 0.229. The minimum atomic E-state index is -1.13. The van der Waals surface area contributed by atoms with E-state index in [2.05, 4.69) is 90.7 Å². The lowest BCUT2D eigenvalue weighted by Gasteiger charge is -2.23. The molecular formula is C35H32N2O5S. The van der Waals surface area contributed by atoms with Gasteiger partial charge in [0.1, 0.15) is 17.2 Å². The molecule has 5 aromatic rings. The summed E-state index contributed by atoms with van der Waals surface area (Å²) in [5.41, 5.74) is 7.13. The van der Waals surface area contributed by atoms with Crippen LogP contribution in [-0.4, -0.2) is 52.2 Å². The van der Waals surface area contributed by atoms with Gasteiger partial charge in [-0.05, 0) is 41.2 Å². The second-order valence-electron chi connectivity index (χ2n) is 11.1. The smallest absolute Gasteiger partial charge is 0.327 e. The topological polar surface area (TPSA) is 99.9 Å². The number of nitrogens with one attached hydrogen (secondary N) is 1. The molecule has 0 aliphatic carbocycles. The van der Waals surface area contributed by atoms with Gasteiger partial charge in [-0.2, -0.15) is 12.6 Å². The molecule has 43 heavy (non-hydrogen) atoms. The number of fused-ring (bicyclic) bond motifs is 3. The minimum absolute atomic E-state index is 0.000149. The van der Waals surface area contributed by atoms with E-state index in [-0.39, 0.29) is 30.2 Å². The Bertz CT molecular complexity index is 1810. The molecule has 1 fully saturated rings. The van der Waals surface area contributed by atoms with Gasteiger partial charge in [-0.1, -0.05) is 84.9 Å². The third kappa shape index (κ3) is 5.75. The summed E-state index contributed by atoms with van der Waals surface area (Å²) >= 11 is 4.02. The van der Waals surface area contributed by atoms with Crippen LogP contribution in [-0.2, 0) is 20.8 Å². The predicted octanol–water partition coefficient (Wildman–Crippen LogP) is 6.20. The van der Waals surface area contributed by atoms with Gasteiger partial charge in [-0.25, -0.2) is 4.79 Å². The number of carbonyl (C=O) groups is 3. The number of nitrogens with zero attached hydrogens (tertiary/aromatic N) is 1. The number of likely N-dealkylation sites (tertiary alicyclic amines) is 1. The molecule has 1 aliphatic heterocycles. The minimum Gasteiger partial charge on any atom is -0.480 e. The molecule has 2 amide bonds. The highest BCUT2D eigenvalue weighted by molar-refractivity contribution is 7.80. The van der Waals surface area contributed by atoms with Gasteiger partial charge in [-0.15, -0.1) is 0 Å². The molecule has 0 saturated carbocycles. The number of hydrogen-bond donors (Lipinski definition) is 3. The van der Waals surface area contributed by atoms with Gasteiger partial charge in [-0.3, -0.25) is 9.59 Å². The Balaban J connectivity index is 1.16. The first kappa shape index (κ1) is 28.6. The molecule has 0 bridgehead atoms. The number of aliphatic carboxylic acids is 1. The first-order valence-electron chi connectivity index (χ1n) is 14.3. The van der Waals surface area contributed by atoms with Gasteiger partial charge in [0.15, 0.2) is 0 Å². The van der Waals surface area contributed by atoms with Crippen LogP contribution < -0.4 is 5.32 Å². The molecule has 4 aromatic carbocycles. The largest absolute Gasteiger partial charge is 0.480 e. The van der Waals surface area contributed by atoms with E-state index in [1.54, 1.807) is 4.90 Å². The summed E-state index contributed by atoms with van der Waals surface area (Å²) in [6.07, 6.45) is 1.09. The van der Waals surface area contributed by atoms with Crippen molar-refractivity contribution in [1.82, 2.24) is 10.2 Å². The van der Waals surface area contributed by atoms with Crippen LogP contribution in [0.25, 0.3) is 44.2 Å². The number of hydrogen-bond acceptors (Lipinski definition) is 5. The van der Waals surface area contributed by atoms with Gasteiger partial charge in [0.25, 0.3) is 0 Å². The van der Waals surface area contributed by atoms with Crippen molar-refractivity contribution in [3.63, 3.8) is 0 Å². The van der Waals surface area contributed by atoms with Crippen LogP contribution in [0.1, 0.15) is 18.9 Å². The maximum Gasteiger partial charge on any atom is 0.327 e. The fourth-order valence-corrected chi connectivity index (χ4v) is 6.33. The Hall–Kier alpha value is -4.56. The lowest BCUT2D eigenvalue weighted by Crippen LogP contribution is -2.45. The van der Waals surface area contributed by atoms with Crippen LogP contribution in [0, 0.1) is 5.92 Å². The van der Waals surface area contributed by atoms with Crippen molar-refractivity contribution in [3.05, 3.63) is 96.6 Å². The highest BCUT2D eigenvalue weighted by Gasteiger charge is 2.38. The number of carboxylic acid groups (broad SMARTS) is 1. The number of benzene rings is 4. The molecule has 7 nitrogen and oxygen atoms in total. The molecule has 0 spiro atoms. The number of amides is 2. The Labute approximate surface area is 254 Å². The Kier molecular flexibility index (Phi) is 7.95. The molecular weight excluding hydrogens is 560 g/mol. The van der Waals surface area contributed by atoms with E-state index in [0.29, 0.717) is 12.8 Å². The third-order valence-electron chi connectivity index (χ3n) is 8.35. The molecule has 3 atom stereocenters. The number of furan rings is 1. The maximum absolute atomic E-state index is 12.8. The summed E-state index contributed by atoms with van der Waals surface area (Å²) in [7, 11) is 0. The Morgan fingerprint density at radius 3 is 2.23 bits per heavy atom. The molecule has 1 saturated heterocycles. The SMILES string of the molecule is CC(=O)N1CC(C(=O)N[C@@H](CS)C(=O)O)CC1Cc1ccc(-c2ccc(-c3cccc4c3oc3ccccc34)cc2)cc1. The van der Waals surface area contributed by atoms with Crippen molar-refractivity contribution in [2.45, 2.75) is 31.8 Å². The summed E-state index contributed by atoms with van der Waals surface area (Å²) in [5.74, 6) is -2.04. The fourth-order valence-electron chi connectivity index (χ4n) is 6.08. The van der Waals surface area contributed by atoms with E-state index in [1.165, 1.54) is 6.92 Å². The number of para-hydroxylation sites is 2. The average molecular weight is 593 g/mol. The predicted molar refractivity (Wildman–Crippen MR) is 171 cm³/mol. The standard InChI is InChI=1S/C35H32N2O5S/c1-21(38)37-19-26(34(39)36-31(20-43)35(40)41)18-27(37)17-22-9-11-23(12-10-22)24-13-15-25(16-14-24)28-6-4-7-30-29-5-2-3-8-32(29)42-33(28)30/h2-16,26-27,31,43H,17-20H2,1H3,(H,36,39)(H,40,41)/t26?,27?,31-/m0/s1. The zero-order chi connectivity index (χ0) is 30.1. The van der Waals surface area contributed by atoms with Gasteiger partial charge >= 0.3 is 5.97 Å². The second-order valence-corrected chi connectivity index (χ2v) is 11.5. The second kappa shape index (κ2) is 12.0. The number of carbonyl (C=O) groups excluding carboxylic acids is 2. The third-order valence-corrected chi connectivity index (χ3v) is 8.71. The van der Waals surface area contributed by atoms with Crippen LogP contribution in [0.5, 0.6) is 0 Å². The van der Waals surface area contributed by atoms with E-state index in [4.69, 9.17) is 4.42 Å².